The van der Waals surface area contributed by atoms with Crippen molar-refractivity contribution in [2.75, 3.05) is 0 Å². The van der Waals surface area contributed by atoms with Crippen LogP contribution in [0.15, 0.2) is 47.8 Å². The summed E-state index contributed by atoms with van der Waals surface area (Å²) in [5.41, 5.74) is 2.37. The number of aromatic nitrogens is 1. The van der Waals surface area contributed by atoms with E-state index in [0.29, 0.717) is 37.9 Å². The van der Waals surface area contributed by atoms with Crippen molar-refractivity contribution in [2.45, 2.75) is 13.0 Å². The molecule has 0 unspecified atom stereocenters. The number of halogens is 3. The molecule has 0 atom stereocenters. The molecule has 0 aliphatic heterocycles. The van der Waals surface area contributed by atoms with Gasteiger partial charge in [-0.3, -0.25) is 4.79 Å². The van der Waals surface area contributed by atoms with E-state index in [1.54, 1.807) is 30.3 Å². The highest BCUT2D eigenvalue weighted by Gasteiger charge is 2.14. The van der Waals surface area contributed by atoms with Gasteiger partial charge < -0.3 is 5.32 Å². The first-order chi connectivity index (χ1) is 12.0. The molecule has 0 aliphatic rings. The fourth-order valence-electron chi connectivity index (χ4n) is 2.24. The Hall–Kier alpha value is -1.59. The van der Waals surface area contributed by atoms with Gasteiger partial charge in [0, 0.05) is 22.5 Å². The van der Waals surface area contributed by atoms with E-state index in [-0.39, 0.29) is 12.3 Å². The second-order valence-electron chi connectivity index (χ2n) is 5.32. The Labute approximate surface area is 164 Å². The van der Waals surface area contributed by atoms with Gasteiger partial charge in [0.2, 0.25) is 5.91 Å². The van der Waals surface area contributed by atoms with E-state index >= 15 is 0 Å². The van der Waals surface area contributed by atoms with Crippen LogP contribution in [-0.2, 0) is 17.8 Å². The van der Waals surface area contributed by atoms with Crippen LogP contribution in [-0.4, -0.2) is 10.9 Å². The Kier molecular flexibility index (Phi) is 5.97. The van der Waals surface area contributed by atoms with Gasteiger partial charge in [-0.2, -0.15) is 0 Å². The summed E-state index contributed by atoms with van der Waals surface area (Å²) in [6.07, 6.45) is 0.201. The second-order valence-corrected chi connectivity index (χ2v) is 7.43. The lowest BCUT2D eigenvalue weighted by atomic mass is 10.2. The summed E-state index contributed by atoms with van der Waals surface area (Å²) < 4.78 is 0. The molecule has 2 aromatic carbocycles. The second kappa shape index (κ2) is 8.19. The number of carbonyl (C=O) groups is 1. The van der Waals surface area contributed by atoms with Gasteiger partial charge in [-0.05, 0) is 29.8 Å². The van der Waals surface area contributed by atoms with Gasteiger partial charge in [0.25, 0.3) is 0 Å². The molecule has 0 aliphatic carbocycles. The van der Waals surface area contributed by atoms with Crippen molar-refractivity contribution in [3.8, 4) is 10.6 Å². The van der Waals surface area contributed by atoms with Crippen LogP contribution >= 0.6 is 46.1 Å². The zero-order valence-corrected chi connectivity index (χ0v) is 16.0. The Morgan fingerprint density at radius 3 is 2.40 bits per heavy atom. The van der Waals surface area contributed by atoms with Crippen molar-refractivity contribution in [1.82, 2.24) is 10.3 Å². The third-order valence-corrected chi connectivity index (χ3v) is 5.26. The third-order valence-electron chi connectivity index (χ3n) is 3.47. The number of thiazole rings is 1. The number of hydrogen-bond acceptors (Lipinski definition) is 3. The maximum Gasteiger partial charge on any atom is 0.226 e. The highest BCUT2D eigenvalue weighted by molar-refractivity contribution is 7.13. The van der Waals surface area contributed by atoms with Gasteiger partial charge in [-0.15, -0.1) is 11.3 Å². The van der Waals surface area contributed by atoms with E-state index in [2.05, 4.69) is 10.3 Å². The molecule has 3 nitrogen and oxygen atoms in total. The van der Waals surface area contributed by atoms with Crippen LogP contribution in [0.4, 0.5) is 0 Å². The van der Waals surface area contributed by atoms with Gasteiger partial charge in [0.15, 0.2) is 0 Å². The normalized spacial score (nSPS) is 10.7. The smallest absolute Gasteiger partial charge is 0.226 e. The van der Waals surface area contributed by atoms with Gasteiger partial charge >= 0.3 is 0 Å². The van der Waals surface area contributed by atoms with Crippen molar-refractivity contribution in [1.29, 1.82) is 0 Å². The lowest BCUT2D eigenvalue weighted by Crippen LogP contribution is -2.24. The van der Waals surface area contributed by atoms with E-state index in [1.165, 1.54) is 11.3 Å². The van der Waals surface area contributed by atoms with Crippen LogP contribution in [0, 0.1) is 0 Å². The Morgan fingerprint density at radius 1 is 1.04 bits per heavy atom. The van der Waals surface area contributed by atoms with Crippen molar-refractivity contribution >= 4 is 52.0 Å². The summed E-state index contributed by atoms with van der Waals surface area (Å²) >= 11 is 19.7. The fourth-order valence-corrected chi connectivity index (χ4v) is 3.94. The molecule has 0 spiro atoms. The van der Waals surface area contributed by atoms with Crippen molar-refractivity contribution < 1.29 is 4.79 Å². The molecule has 128 valence electrons. The molecule has 0 saturated carbocycles. The number of benzene rings is 2. The molecule has 25 heavy (non-hydrogen) atoms. The Balaban J connectivity index is 1.63. The SMILES string of the molecule is O=C(Cc1csc(-c2c(Cl)cccc2Cl)n1)NCc1ccc(Cl)cc1. The first-order valence-electron chi connectivity index (χ1n) is 7.43. The first-order valence-corrected chi connectivity index (χ1v) is 9.44. The number of carbonyl (C=O) groups excluding carboxylic acids is 1. The summed E-state index contributed by atoms with van der Waals surface area (Å²) in [6.45, 7) is 0.448. The average Bonchev–Trinajstić information content (AvgIpc) is 3.02. The number of rotatable bonds is 5. The maximum absolute atomic E-state index is 12.1. The molecule has 7 heteroatoms. The first kappa shape index (κ1) is 18.2. The molecule has 0 radical (unpaired) electrons. The molecular weight excluding hydrogens is 399 g/mol. The molecule has 0 bridgehead atoms. The average molecular weight is 412 g/mol. The van der Waals surface area contributed by atoms with Gasteiger partial charge in [0.05, 0.1) is 22.2 Å². The number of hydrogen-bond donors (Lipinski definition) is 1. The largest absolute Gasteiger partial charge is 0.352 e. The van der Waals surface area contributed by atoms with E-state index in [9.17, 15) is 4.79 Å². The Morgan fingerprint density at radius 2 is 1.72 bits per heavy atom. The number of nitrogens with zero attached hydrogens (tertiary/aromatic N) is 1. The van der Waals surface area contributed by atoms with Crippen LogP contribution in [0.25, 0.3) is 10.6 Å². The minimum absolute atomic E-state index is 0.0999. The summed E-state index contributed by atoms with van der Waals surface area (Å²) in [5, 5.41) is 7.17. The van der Waals surface area contributed by atoms with Gasteiger partial charge in [-0.25, -0.2) is 4.98 Å². The summed E-state index contributed by atoms with van der Waals surface area (Å²) in [4.78, 5) is 16.6. The monoisotopic (exact) mass is 410 g/mol. The quantitative estimate of drug-likeness (QED) is 0.591. The highest BCUT2D eigenvalue weighted by atomic mass is 35.5. The molecule has 1 amide bonds. The zero-order chi connectivity index (χ0) is 17.8. The van der Waals surface area contributed by atoms with Crippen molar-refractivity contribution in [2.24, 2.45) is 0 Å². The lowest BCUT2D eigenvalue weighted by Gasteiger charge is -2.05. The predicted octanol–water partition coefficient (Wildman–Crippen LogP) is 5.63. The number of amides is 1. The summed E-state index contributed by atoms with van der Waals surface area (Å²) in [6, 6.07) is 12.7. The van der Waals surface area contributed by atoms with E-state index in [1.807, 2.05) is 17.5 Å². The fraction of sp³-hybridized carbons (Fsp3) is 0.111. The van der Waals surface area contributed by atoms with E-state index in [4.69, 9.17) is 34.8 Å². The maximum atomic E-state index is 12.1. The molecule has 0 fully saturated rings. The zero-order valence-electron chi connectivity index (χ0n) is 12.9. The van der Waals surface area contributed by atoms with Crippen molar-refractivity contribution in [3.63, 3.8) is 0 Å². The molecular formula is C18H13Cl3N2OS. The molecule has 3 aromatic rings. The molecule has 0 saturated heterocycles. The van der Waals surface area contributed by atoms with Crippen LogP contribution in [0.1, 0.15) is 11.3 Å². The van der Waals surface area contributed by atoms with Gasteiger partial charge in [0.1, 0.15) is 5.01 Å². The van der Waals surface area contributed by atoms with E-state index in [0.717, 1.165) is 5.56 Å². The molecule has 3 rings (SSSR count). The predicted molar refractivity (Wildman–Crippen MR) is 105 cm³/mol. The van der Waals surface area contributed by atoms with Crippen LogP contribution in [0.5, 0.6) is 0 Å². The topological polar surface area (TPSA) is 42.0 Å². The van der Waals surface area contributed by atoms with Gasteiger partial charge in [-0.1, -0.05) is 53.0 Å². The third kappa shape index (κ3) is 4.73. The van der Waals surface area contributed by atoms with Crippen molar-refractivity contribution in [3.05, 3.63) is 74.2 Å². The summed E-state index contributed by atoms with van der Waals surface area (Å²) in [5.74, 6) is -0.0999. The standard InChI is InChI=1S/C18H13Cl3N2OS/c19-12-6-4-11(5-7-12)9-22-16(24)8-13-10-25-18(23-13)17-14(20)2-1-3-15(17)21/h1-7,10H,8-9H2,(H,22,24). The minimum atomic E-state index is -0.0999. The molecule has 1 N–H and O–H groups in total. The lowest BCUT2D eigenvalue weighted by molar-refractivity contribution is -0.120. The van der Waals surface area contributed by atoms with E-state index < -0.39 is 0 Å². The number of nitrogens with one attached hydrogen (secondary N) is 1. The minimum Gasteiger partial charge on any atom is -0.352 e. The van der Waals surface area contributed by atoms with Crippen LogP contribution in [0.2, 0.25) is 15.1 Å². The molecule has 1 heterocycles. The van der Waals surface area contributed by atoms with Crippen LogP contribution in [0.3, 0.4) is 0 Å². The summed E-state index contributed by atoms with van der Waals surface area (Å²) in [7, 11) is 0. The Bertz CT molecular complexity index is 873. The highest BCUT2D eigenvalue weighted by Crippen LogP contribution is 2.36. The molecule has 1 aromatic heterocycles. The van der Waals surface area contributed by atoms with Crippen LogP contribution < -0.4 is 5.32 Å².